The minimum atomic E-state index is -1.34. The summed E-state index contributed by atoms with van der Waals surface area (Å²) in [6.45, 7) is 14.1. The largest absolute Gasteiger partial charge is 0.255 e. The summed E-state index contributed by atoms with van der Waals surface area (Å²) < 4.78 is 0. The zero-order valence-electron chi connectivity index (χ0n) is 17.6. The molecule has 2 nitrogen and oxygen atoms in total. The Labute approximate surface area is 162 Å². The lowest BCUT2D eigenvalue weighted by atomic mass is 10.2. The Morgan fingerprint density at radius 2 is 0.846 bits per heavy atom. The van der Waals surface area contributed by atoms with E-state index in [4.69, 9.17) is 9.97 Å². The molecule has 2 aromatic rings. The Balaban J connectivity index is 2.30. The molecule has 0 spiro atoms. The Morgan fingerprint density at radius 3 is 1.04 bits per heavy atom. The molecule has 2 heterocycles. The van der Waals surface area contributed by atoms with Gasteiger partial charge in [0.15, 0.2) is 0 Å². The summed E-state index contributed by atoms with van der Waals surface area (Å²) in [5, 5.41) is 3.00. The number of hydrogen-bond acceptors (Lipinski definition) is 2. The van der Waals surface area contributed by atoms with E-state index in [0.29, 0.717) is 0 Å². The van der Waals surface area contributed by atoms with Crippen molar-refractivity contribution in [2.75, 3.05) is 0 Å². The molecule has 2 aromatic heterocycles. The fourth-order valence-electron chi connectivity index (χ4n) is 4.44. The summed E-state index contributed by atoms with van der Waals surface area (Å²) in [4.78, 5) is 9.59. The Morgan fingerprint density at radius 1 is 0.538 bits per heavy atom. The molecule has 0 aliphatic heterocycles. The second kappa shape index (κ2) is 9.09. The van der Waals surface area contributed by atoms with Crippen LogP contribution in [0.25, 0.3) is 11.4 Å². The summed E-state index contributed by atoms with van der Waals surface area (Å²) in [6.07, 6.45) is 4.27. The molecule has 2 rings (SSSR count). The van der Waals surface area contributed by atoms with Gasteiger partial charge in [-0.1, -0.05) is 89.9 Å². The van der Waals surface area contributed by atoms with Crippen molar-refractivity contribution in [3.63, 3.8) is 0 Å². The van der Waals surface area contributed by atoms with E-state index in [0.717, 1.165) is 11.4 Å². The van der Waals surface area contributed by atoms with Crippen LogP contribution in [0, 0.1) is 0 Å². The number of rotatable bonds is 9. The van der Waals surface area contributed by atoms with Gasteiger partial charge in [0.05, 0.1) is 27.5 Å². The van der Waals surface area contributed by atoms with E-state index in [1.54, 1.807) is 0 Å². The molecule has 0 fully saturated rings. The van der Waals surface area contributed by atoms with Crippen LogP contribution in [0.3, 0.4) is 0 Å². The summed E-state index contributed by atoms with van der Waals surface area (Å²) >= 11 is 0. The van der Waals surface area contributed by atoms with Crippen molar-refractivity contribution in [1.82, 2.24) is 9.97 Å². The minimum absolute atomic E-state index is 1.00. The summed E-state index contributed by atoms with van der Waals surface area (Å²) in [5.41, 5.74) is 2.01. The van der Waals surface area contributed by atoms with Gasteiger partial charge in [0.1, 0.15) is 0 Å². The van der Waals surface area contributed by atoms with Gasteiger partial charge in [-0.2, -0.15) is 0 Å². The van der Waals surface area contributed by atoms with Crippen molar-refractivity contribution < 1.29 is 0 Å². The molecule has 0 N–H and O–H groups in total. The van der Waals surface area contributed by atoms with E-state index in [1.165, 1.54) is 46.6 Å². The van der Waals surface area contributed by atoms with Crippen molar-refractivity contribution in [2.24, 2.45) is 0 Å². The molecule has 26 heavy (non-hydrogen) atoms. The normalized spacial score (nSPS) is 12.4. The fourth-order valence-corrected chi connectivity index (χ4v) is 11.4. The number of pyridine rings is 2. The zero-order valence-corrected chi connectivity index (χ0v) is 19.6. The maximum absolute atomic E-state index is 4.79. The van der Waals surface area contributed by atoms with Crippen LogP contribution < -0.4 is 10.4 Å². The average molecular weight is 385 g/mol. The van der Waals surface area contributed by atoms with Gasteiger partial charge < -0.3 is 0 Å². The minimum Gasteiger partial charge on any atom is -0.255 e. The van der Waals surface area contributed by atoms with Crippen LogP contribution in [-0.4, -0.2) is 26.1 Å². The van der Waals surface area contributed by atoms with Gasteiger partial charge in [0, 0.05) is 12.4 Å². The smallest absolute Gasteiger partial charge is 0.0885 e. The molecule has 0 aromatic carbocycles. The molecule has 0 bridgehead atoms. The Hall–Kier alpha value is -1.27. The SMILES string of the molecule is CC[Si](CC)(CC)c1ccc(-c2ccc([Si](CC)(CC)CC)cn2)nc1. The molecule has 4 heteroatoms. The second-order valence-corrected chi connectivity index (χ2v) is 18.1. The summed E-state index contributed by atoms with van der Waals surface area (Å²) in [6, 6.07) is 16.8. The van der Waals surface area contributed by atoms with Gasteiger partial charge in [0.25, 0.3) is 0 Å². The van der Waals surface area contributed by atoms with Crippen LogP contribution in [0.4, 0.5) is 0 Å². The quantitative estimate of drug-likeness (QED) is 0.528. The lowest BCUT2D eigenvalue weighted by molar-refractivity contribution is 1.18. The highest BCUT2D eigenvalue weighted by Crippen LogP contribution is 2.23. The van der Waals surface area contributed by atoms with E-state index in [9.17, 15) is 0 Å². The first kappa shape index (κ1) is 21.0. The maximum atomic E-state index is 4.79. The Bertz CT molecular complexity index is 594. The number of aromatic nitrogens is 2. The van der Waals surface area contributed by atoms with Crippen LogP contribution in [0.5, 0.6) is 0 Å². The van der Waals surface area contributed by atoms with Gasteiger partial charge in [-0.3, -0.25) is 9.97 Å². The third-order valence-corrected chi connectivity index (χ3v) is 18.2. The Kier molecular flexibility index (Phi) is 7.36. The van der Waals surface area contributed by atoms with Crippen molar-refractivity contribution in [2.45, 2.75) is 77.8 Å². The lowest BCUT2D eigenvalue weighted by Gasteiger charge is -2.28. The third kappa shape index (κ3) is 3.86. The summed E-state index contributed by atoms with van der Waals surface area (Å²) in [7, 11) is -2.69. The van der Waals surface area contributed by atoms with Crippen LogP contribution in [0.15, 0.2) is 36.7 Å². The van der Waals surface area contributed by atoms with Crippen molar-refractivity contribution in [3.05, 3.63) is 36.7 Å². The van der Waals surface area contributed by atoms with Gasteiger partial charge in [-0.15, -0.1) is 0 Å². The van der Waals surface area contributed by atoms with E-state index < -0.39 is 16.1 Å². The fraction of sp³-hybridized carbons (Fsp3) is 0.545. The second-order valence-electron chi connectivity index (χ2n) is 7.55. The van der Waals surface area contributed by atoms with Gasteiger partial charge in [0.2, 0.25) is 0 Å². The number of nitrogens with zero attached hydrogens (tertiary/aromatic N) is 2. The van der Waals surface area contributed by atoms with Crippen LogP contribution in [-0.2, 0) is 0 Å². The van der Waals surface area contributed by atoms with Gasteiger partial charge in [-0.05, 0) is 22.5 Å². The first-order valence-corrected chi connectivity index (χ1v) is 15.7. The third-order valence-electron chi connectivity index (χ3n) is 7.07. The van der Waals surface area contributed by atoms with E-state index >= 15 is 0 Å². The first-order chi connectivity index (χ1) is 12.5. The number of hydrogen-bond donors (Lipinski definition) is 0. The maximum Gasteiger partial charge on any atom is 0.0885 e. The molecule has 0 saturated heterocycles. The van der Waals surface area contributed by atoms with E-state index in [-0.39, 0.29) is 0 Å². The zero-order chi connectivity index (χ0) is 19.2. The monoisotopic (exact) mass is 384 g/mol. The molecule has 0 radical (unpaired) electrons. The molecule has 0 aliphatic rings. The highest BCUT2D eigenvalue weighted by atomic mass is 28.3. The summed E-state index contributed by atoms with van der Waals surface area (Å²) in [5.74, 6) is 0. The standard InChI is InChI=1S/C22H36N2Si2/c1-7-25(8-2,9-3)19-13-15-21(23-17-19)22-16-14-20(18-24-22)26(10-4,11-5)12-6/h13-18H,7-12H2,1-6H3. The lowest BCUT2D eigenvalue weighted by Crippen LogP contribution is -2.46. The molecule has 0 atom stereocenters. The highest BCUT2D eigenvalue weighted by Gasteiger charge is 2.30. The van der Waals surface area contributed by atoms with Gasteiger partial charge >= 0.3 is 0 Å². The molecular formula is C22H36N2Si2. The highest BCUT2D eigenvalue weighted by molar-refractivity contribution is 6.92. The van der Waals surface area contributed by atoms with E-state index in [1.807, 2.05) is 0 Å². The molecule has 142 valence electrons. The molecule has 0 aliphatic carbocycles. The average Bonchev–Trinajstić information content (AvgIpc) is 2.72. The van der Waals surface area contributed by atoms with Crippen LogP contribution in [0.1, 0.15) is 41.5 Å². The van der Waals surface area contributed by atoms with Crippen LogP contribution >= 0.6 is 0 Å². The van der Waals surface area contributed by atoms with Crippen molar-refractivity contribution in [1.29, 1.82) is 0 Å². The predicted molar refractivity (Wildman–Crippen MR) is 121 cm³/mol. The predicted octanol–water partition coefficient (Wildman–Crippen LogP) is 5.57. The molecule has 0 amide bonds. The first-order valence-electron chi connectivity index (χ1n) is 10.5. The molecule has 0 unspecified atom stereocenters. The van der Waals surface area contributed by atoms with E-state index in [2.05, 4.69) is 78.2 Å². The van der Waals surface area contributed by atoms with Crippen molar-refractivity contribution in [3.8, 4) is 11.4 Å². The van der Waals surface area contributed by atoms with Crippen LogP contribution in [0.2, 0.25) is 36.3 Å². The topological polar surface area (TPSA) is 25.8 Å². The van der Waals surface area contributed by atoms with Gasteiger partial charge in [-0.25, -0.2) is 0 Å². The molecular weight excluding hydrogens is 348 g/mol. The molecule has 0 saturated carbocycles. The van der Waals surface area contributed by atoms with Crippen molar-refractivity contribution >= 4 is 26.5 Å².